The van der Waals surface area contributed by atoms with Crippen molar-refractivity contribution in [2.45, 2.75) is 44.6 Å². The van der Waals surface area contributed by atoms with Crippen LogP contribution < -0.4 is 10.5 Å². The normalized spacial score (nSPS) is 17.7. The van der Waals surface area contributed by atoms with Crippen LogP contribution in [-0.4, -0.2) is 7.11 Å². The summed E-state index contributed by atoms with van der Waals surface area (Å²) in [6, 6.07) is 3.75. The molecule has 1 atom stereocenters. The van der Waals surface area contributed by atoms with E-state index in [-0.39, 0.29) is 6.04 Å². The number of nitrogens with two attached hydrogens (primary N) is 1. The van der Waals surface area contributed by atoms with E-state index in [4.69, 9.17) is 22.1 Å². The third-order valence-corrected chi connectivity index (χ3v) is 4.81. The summed E-state index contributed by atoms with van der Waals surface area (Å²) in [5, 5.41) is 0.694. The fraction of sp³-hybridized carbons (Fsp3) is 0.600. The molecule has 0 aromatic heterocycles. The lowest BCUT2D eigenvalue weighted by molar-refractivity contribution is 0.395. The molecule has 1 aromatic carbocycles. The molecule has 0 heterocycles. The number of halogens is 2. The maximum absolute atomic E-state index is 6.33. The van der Waals surface area contributed by atoms with Crippen molar-refractivity contribution in [3.63, 3.8) is 0 Å². The van der Waals surface area contributed by atoms with Crippen LogP contribution in [0.4, 0.5) is 0 Å². The molecular formula is C15H21BrClNO. The lowest BCUT2D eigenvalue weighted by atomic mass is 9.95. The van der Waals surface area contributed by atoms with E-state index in [2.05, 4.69) is 15.9 Å². The van der Waals surface area contributed by atoms with Gasteiger partial charge >= 0.3 is 0 Å². The Hall–Kier alpha value is -0.250. The topological polar surface area (TPSA) is 35.2 Å². The molecule has 0 spiro atoms. The standard InChI is InChI=1S/C15H21BrClNO/c1-19-15-12(8-11(17)9-13(15)16)14(18)7-6-10-4-2-3-5-10/h8-10,14H,2-7,18H2,1H3. The lowest BCUT2D eigenvalue weighted by Crippen LogP contribution is -2.13. The highest BCUT2D eigenvalue weighted by atomic mass is 79.9. The monoisotopic (exact) mass is 345 g/mol. The molecule has 0 bridgehead atoms. The van der Waals surface area contributed by atoms with Crippen LogP contribution in [0.2, 0.25) is 5.02 Å². The highest BCUT2D eigenvalue weighted by molar-refractivity contribution is 9.10. The zero-order valence-electron chi connectivity index (χ0n) is 11.3. The van der Waals surface area contributed by atoms with Gasteiger partial charge in [-0.15, -0.1) is 0 Å². The van der Waals surface area contributed by atoms with E-state index in [1.165, 1.54) is 32.1 Å². The predicted octanol–water partition coefficient (Wildman–Crippen LogP) is 5.08. The van der Waals surface area contributed by atoms with E-state index in [0.29, 0.717) is 5.02 Å². The van der Waals surface area contributed by atoms with Crippen LogP contribution in [-0.2, 0) is 0 Å². The Kier molecular flexibility index (Phi) is 5.55. The van der Waals surface area contributed by atoms with Gasteiger partial charge in [0, 0.05) is 16.6 Å². The molecule has 2 N–H and O–H groups in total. The summed E-state index contributed by atoms with van der Waals surface area (Å²) in [7, 11) is 1.67. The molecule has 1 saturated carbocycles. The van der Waals surface area contributed by atoms with E-state index in [9.17, 15) is 0 Å². The van der Waals surface area contributed by atoms with Crippen LogP contribution in [0.25, 0.3) is 0 Å². The summed E-state index contributed by atoms with van der Waals surface area (Å²) >= 11 is 9.59. The summed E-state index contributed by atoms with van der Waals surface area (Å²) in [6.45, 7) is 0. The maximum atomic E-state index is 6.33. The first kappa shape index (κ1) is 15.1. The summed E-state index contributed by atoms with van der Waals surface area (Å²) in [5.74, 6) is 1.67. The highest BCUT2D eigenvalue weighted by Gasteiger charge is 2.19. The van der Waals surface area contributed by atoms with Gasteiger partial charge in [-0.3, -0.25) is 0 Å². The first-order chi connectivity index (χ1) is 9.11. The predicted molar refractivity (Wildman–Crippen MR) is 83.8 cm³/mol. The third-order valence-electron chi connectivity index (χ3n) is 4.00. The van der Waals surface area contributed by atoms with Crippen LogP contribution in [0.1, 0.15) is 50.1 Å². The van der Waals surface area contributed by atoms with E-state index in [0.717, 1.165) is 28.1 Å². The Morgan fingerprint density at radius 1 is 1.42 bits per heavy atom. The van der Waals surface area contributed by atoms with Gasteiger partial charge in [-0.2, -0.15) is 0 Å². The van der Waals surface area contributed by atoms with Crippen LogP contribution >= 0.6 is 27.5 Å². The minimum absolute atomic E-state index is 0.00875. The Morgan fingerprint density at radius 3 is 2.74 bits per heavy atom. The number of methoxy groups -OCH3 is 1. The average molecular weight is 347 g/mol. The minimum atomic E-state index is -0.00875. The molecule has 2 rings (SSSR count). The fourth-order valence-corrected chi connectivity index (χ4v) is 3.94. The number of hydrogen-bond acceptors (Lipinski definition) is 2. The molecular weight excluding hydrogens is 326 g/mol. The molecule has 0 amide bonds. The molecule has 2 nitrogen and oxygen atoms in total. The maximum Gasteiger partial charge on any atom is 0.137 e. The number of rotatable bonds is 5. The molecule has 106 valence electrons. The Morgan fingerprint density at radius 2 is 2.11 bits per heavy atom. The van der Waals surface area contributed by atoms with Crippen molar-refractivity contribution in [2.75, 3.05) is 7.11 Å². The van der Waals surface area contributed by atoms with Crippen molar-refractivity contribution in [3.8, 4) is 5.75 Å². The van der Waals surface area contributed by atoms with Crippen LogP contribution in [0.5, 0.6) is 5.75 Å². The SMILES string of the molecule is COc1c(Br)cc(Cl)cc1C(N)CCC1CCCC1. The van der Waals surface area contributed by atoms with Crippen molar-refractivity contribution >= 4 is 27.5 Å². The van der Waals surface area contributed by atoms with Crippen LogP contribution in [0.3, 0.4) is 0 Å². The van der Waals surface area contributed by atoms with E-state index in [1.807, 2.05) is 12.1 Å². The van der Waals surface area contributed by atoms with Gasteiger partial charge in [0.25, 0.3) is 0 Å². The average Bonchev–Trinajstić information content (AvgIpc) is 2.88. The summed E-state index contributed by atoms with van der Waals surface area (Å²) in [6.07, 6.45) is 7.69. The van der Waals surface area contributed by atoms with Gasteiger partial charge in [-0.25, -0.2) is 0 Å². The smallest absolute Gasteiger partial charge is 0.137 e. The molecule has 1 fully saturated rings. The van der Waals surface area contributed by atoms with Crippen molar-refractivity contribution in [1.29, 1.82) is 0 Å². The van der Waals surface area contributed by atoms with Gasteiger partial charge in [-0.05, 0) is 46.8 Å². The van der Waals surface area contributed by atoms with Crippen LogP contribution in [0.15, 0.2) is 16.6 Å². The minimum Gasteiger partial charge on any atom is -0.495 e. The lowest BCUT2D eigenvalue weighted by Gasteiger charge is -2.19. The quantitative estimate of drug-likeness (QED) is 0.806. The van der Waals surface area contributed by atoms with E-state index < -0.39 is 0 Å². The van der Waals surface area contributed by atoms with Crippen LogP contribution in [0, 0.1) is 5.92 Å². The van der Waals surface area contributed by atoms with Gasteiger partial charge in [0.1, 0.15) is 5.75 Å². The van der Waals surface area contributed by atoms with Gasteiger partial charge in [-0.1, -0.05) is 37.3 Å². The number of ether oxygens (including phenoxy) is 1. The largest absolute Gasteiger partial charge is 0.495 e. The van der Waals surface area contributed by atoms with Gasteiger partial charge in [0.05, 0.1) is 11.6 Å². The first-order valence-electron chi connectivity index (χ1n) is 6.90. The zero-order valence-corrected chi connectivity index (χ0v) is 13.6. The Balaban J connectivity index is 2.06. The van der Waals surface area contributed by atoms with Crippen molar-refractivity contribution in [2.24, 2.45) is 11.7 Å². The second-order valence-electron chi connectivity index (χ2n) is 5.34. The third kappa shape index (κ3) is 3.87. The van der Waals surface area contributed by atoms with Gasteiger partial charge < -0.3 is 10.5 Å². The molecule has 1 aliphatic rings. The van der Waals surface area contributed by atoms with E-state index in [1.54, 1.807) is 7.11 Å². The summed E-state index contributed by atoms with van der Waals surface area (Å²) in [4.78, 5) is 0. The molecule has 0 saturated heterocycles. The fourth-order valence-electron chi connectivity index (χ4n) is 2.94. The second kappa shape index (κ2) is 6.96. The molecule has 0 radical (unpaired) electrons. The number of benzene rings is 1. The van der Waals surface area contributed by atoms with Gasteiger partial charge in [0.15, 0.2) is 0 Å². The van der Waals surface area contributed by atoms with E-state index >= 15 is 0 Å². The molecule has 0 aliphatic heterocycles. The van der Waals surface area contributed by atoms with Crippen molar-refractivity contribution in [1.82, 2.24) is 0 Å². The second-order valence-corrected chi connectivity index (χ2v) is 6.64. The highest BCUT2D eigenvalue weighted by Crippen LogP contribution is 2.38. The Labute approximate surface area is 128 Å². The molecule has 19 heavy (non-hydrogen) atoms. The molecule has 1 aliphatic carbocycles. The summed E-state index contributed by atoms with van der Waals surface area (Å²) < 4.78 is 6.31. The zero-order chi connectivity index (χ0) is 13.8. The van der Waals surface area contributed by atoms with Crippen molar-refractivity contribution in [3.05, 3.63) is 27.2 Å². The number of hydrogen-bond donors (Lipinski definition) is 1. The summed E-state index contributed by atoms with van der Waals surface area (Å²) in [5.41, 5.74) is 7.33. The van der Waals surface area contributed by atoms with Gasteiger partial charge in [0.2, 0.25) is 0 Å². The molecule has 1 unspecified atom stereocenters. The first-order valence-corrected chi connectivity index (χ1v) is 8.07. The Bertz CT molecular complexity index is 432. The van der Waals surface area contributed by atoms with Crippen molar-refractivity contribution < 1.29 is 4.74 Å². The molecule has 4 heteroatoms. The molecule has 1 aromatic rings.